The highest BCUT2D eigenvalue weighted by atomic mass is 79.9. The first-order valence-corrected chi connectivity index (χ1v) is 7.70. The van der Waals surface area contributed by atoms with E-state index in [9.17, 15) is 0 Å². The van der Waals surface area contributed by atoms with Crippen LogP contribution < -0.4 is 4.90 Å². The van der Waals surface area contributed by atoms with Crippen molar-refractivity contribution in [1.82, 2.24) is 4.90 Å². The fourth-order valence-electron chi connectivity index (χ4n) is 2.48. The number of benzene rings is 1. The Morgan fingerprint density at radius 1 is 1.33 bits per heavy atom. The minimum absolute atomic E-state index is 0.559. The van der Waals surface area contributed by atoms with Gasteiger partial charge in [0.05, 0.1) is 0 Å². The van der Waals surface area contributed by atoms with E-state index in [1.54, 1.807) is 0 Å². The number of alkyl halides is 1. The van der Waals surface area contributed by atoms with Crippen molar-refractivity contribution in [2.75, 3.05) is 32.1 Å². The topological polar surface area (TPSA) is 6.48 Å². The molecular weight excluding hydrogens is 312 g/mol. The summed E-state index contributed by atoms with van der Waals surface area (Å²) < 4.78 is 1.12. The number of nitrogens with zero attached hydrogens (tertiary/aromatic N) is 2. The molecule has 0 aliphatic carbocycles. The van der Waals surface area contributed by atoms with Gasteiger partial charge >= 0.3 is 0 Å². The van der Waals surface area contributed by atoms with E-state index in [-0.39, 0.29) is 0 Å². The minimum Gasteiger partial charge on any atom is -0.371 e. The van der Waals surface area contributed by atoms with Crippen molar-refractivity contribution in [3.05, 3.63) is 28.2 Å². The number of hydrogen-bond acceptors (Lipinski definition) is 2. The molecule has 1 aliphatic heterocycles. The van der Waals surface area contributed by atoms with E-state index in [0.29, 0.717) is 5.88 Å². The van der Waals surface area contributed by atoms with Crippen LogP contribution in [0.3, 0.4) is 0 Å². The van der Waals surface area contributed by atoms with Crippen LogP contribution in [0.2, 0.25) is 0 Å². The van der Waals surface area contributed by atoms with E-state index in [4.69, 9.17) is 11.6 Å². The lowest BCUT2D eigenvalue weighted by Crippen LogP contribution is -2.41. The average molecular weight is 332 g/mol. The average Bonchev–Trinajstić information content (AvgIpc) is 2.38. The number of piperidine rings is 1. The first-order chi connectivity index (χ1) is 8.61. The third kappa shape index (κ3) is 3.19. The third-order valence-electron chi connectivity index (χ3n) is 3.74. The summed E-state index contributed by atoms with van der Waals surface area (Å²) in [6.07, 6.45) is 2.48. The van der Waals surface area contributed by atoms with Crippen molar-refractivity contribution < 1.29 is 0 Å². The fourth-order valence-corrected chi connectivity index (χ4v) is 3.38. The minimum atomic E-state index is 0.559. The molecule has 0 spiro atoms. The van der Waals surface area contributed by atoms with Crippen LogP contribution in [0.15, 0.2) is 22.7 Å². The molecule has 0 aromatic heterocycles. The molecule has 0 atom stereocenters. The highest BCUT2D eigenvalue weighted by Crippen LogP contribution is 2.27. The lowest BCUT2D eigenvalue weighted by molar-refractivity contribution is 0.249. The van der Waals surface area contributed by atoms with Crippen LogP contribution in [-0.2, 0) is 5.88 Å². The van der Waals surface area contributed by atoms with Gasteiger partial charge in [0.1, 0.15) is 0 Å². The van der Waals surface area contributed by atoms with Crippen LogP contribution in [0.1, 0.15) is 18.4 Å². The Bertz CT molecular complexity index is 401. The maximum atomic E-state index is 5.88. The lowest BCUT2D eigenvalue weighted by atomic mass is 10.0. The Kier molecular flexibility index (Phi) is 4.93. The van der Waals surface area contributed by atoms with Gasteiger partial charge < -0.3 is 9.80 Å². The highest BCUT2D eigenvalue weighted by Gasteiger charge is 2.20. The Hall–Kier alpha value is -0.250. The molecule has 0 bridgehead atoms. The summed E-state index contributed by atoms with van der Waals surface area (Å²) in [4.78, 5) is 4.80. The Balaban J connectivity index is 2.03. The predicted octanol–water partition coefficient (Wildman–Crippen LogP) is 3.72. The Labute approximate surface area is 123 Å². The normalized spacial score (nSPS) is 17.5. The van der Waals surface area contributed by atoms with Gasteiger partial charge in [-0.3, -0.25) is 0 Å². The van der Waals surface area contributed by atoms with Crippen LogP contribution >= 0.6 is 27.5 Å². The zero-order chi connectivity index (χ0) is 13.1. The molecule has 0 saturated carbocycles. The quantitative estimate of drug-likeness (QED) is 0.779. The molecule has 1 aliphatic rings. The van der Waals surface area contributed by atoms with Gasteiger partial charge in [-0.1, -0.05) is 22.0 Å². The first kappa shape index (κ1) is 14.2. The van der Waals surface area contributed by atoms with E-state index < -0.39 is 0 Å². The summed E-state index contributed by atoms with van der Waals surface area (Å²) in [6.45, 7) is 2.27. The summed E-state index contributed by atoms with van der Waals surface area (Å²) in [5.41, 5.74) is 2.46. The van der Waals surface area contributed by atoms with Crippen LogP contribution in [0, 0.1) is 0 Å². The number of rotatable bonds is 3. The molecule has 0 amide bonds. The summed E-state index contributed by atoms with van der Waals surface area (Å²) >= 11 is 9.46. The molecule has 100 valence electrons. The molecule has 0 radical (unpaired) electrons. The van der Waals surface area contributed by atoms with Gasteiger partial charge in [0.15, 0.2) is 0 Å². The third-order valence-corrected chi connectivity index (χ3v) is 4.77. The van der Waals surface area contributed by atoms with Crippen LogP contribution in [-0.4, -0.2) is 38.1 Å². The molecular formula is C14H20BrClN2. The van der Waals surface area contributed by atoms with Gasteiger partial charge in [0.25, 0.3) is 0 Å². The van der Waals surface area contributed by atoms with Crippen molar-refractivity contribution in [3.8, 4) is 0 Å². The summed E-state index contributed by atoms with van der Waals surface area (Å²) in [7, 11) is 4.35. The van der Waals surface area contributed by atoms with E-state index >= 15 is 0 Å². The predicted molar refractivity (Wildman–Crippen MR) is 82.6 cm³/mol. The molecule has 1 heterocycles. The van der Waals surface area contributed by atoms with Crippen LogP contribution in [0.5, 0.6) is 0 Å². The zero-order valence-corrected chi connectivity index (χ0v) is 13.3. The number of hydrogen-bond donors (Lipinski definition) is 0. The summed E-state index contributed by atoms with van der Waals surface area (Å²) in [5, 5.41) is 0. The zero-order valence-electron chi connectivity index (χ0n) is 11.0. The second-order valence-electron chi connectivity index (χ2n) is 5.09. The van der Waals surface area contributed by atoms with Gasteiger partial charge in [0, 0.05) is 35.2 Å². The smallest absolute Gasteiger partial charge is 0.0485 e. The van der Waals surface area contributed by atoms with Gasteiger partial charge in [-0.2, -0.15) is 0 Å². The molecule has 1 saturated heterocycles. The molecule has 1 fully saturated rings. The molecule has 18 heavy (non-hydrogen) atoms. The molecule has 0 N–H and O–H groups in total. The van der Waals surface area contributed by atoms with Gasteiger partial charge in [-0.15, -0.1) is 11.6 Å². The van der Waals surface area contributed by atoms with Crippen molar-refractivity contribution >= 4 is 33.2 Å². The molecule has 1 aromatic carbocycles. The van der Waals surface area contributed by atoms with Gasteiger partial charge in [-0.25, -0.2) is 0 Å². The summed E-state index contributed by atoms with van der Waals surface area (Å²) in [5.74, 6) is 0.559. The Morgan fingerprint density at radius 2 is 2.00 bits per heavy atom. The van der Waals surface area contributed by atoms with Crippen molar-refractivity contribution in [2.24, 2.45) is 0 Å². The largest absolute Gasteiger partial charge is 0.371 e. The van der Waals surface area contributed by atoms with Crippen molar-refractivity contribution in [3.63, 3.8) is 0 Å². The highest BCUT2D eigenvalue weighted by molar-refractivity contribution is 9.10. The van der Waals surface area contributed by atoms with E-state index in [1.165, 1.54) is 18.5 Å². The van der Waals surface area contributed by atoms with Crippen LogP contribution in [0.25, 0.3) is 0 Å². The molecule has 1 aromatic rings. The fraction of sp³-hybridized carbons (Fsp3) is 0.571. The number of halogens is 2. The lowest BCUT2D eigenvalue weighted by Gasteiger charge is -2.36. The number of anilines is 1. The SMILES string of the molecule is CN(C)C1CCN(c2ccc(CCl)c(Br)c2)CC1. The molecule has 2 nitrogen and oxygen atoms in total. The van der Waals surface area contributed by atoms with Crippen LogP contribution in [0.4, 0.5) is 5.69 Å². The van der Waals surface area contributed by atoms with Gasteiger partial charge in [0.2, 0.25) is 0 Å². The van der Waals surface area contributed by atoms with Gasteiger partial charge in [-0.05, 0) is 44.6 Å². The summed E-state index contributed by atoms with van der Waals surface area (Å²) in [6, 6.07) is 7.21. The second kappa shape index (κ2) is 6.27. The molecule has 2 rings (SSSR count). The van der Waals surface area contributed by atoms with E-state index in [1.807, 2.05) is 0 Å². The standard InChI is InChI=1S/C14H20BrClN2/c1-17(2)12-5-7-18(8-6-12)13-4-3-11(10-16)14(15)9-13/h3-4,9,12H,5-8,10H2,1-2H3. The second-order valence-corrected chi connectivity index (χ2v) is 6.21. The molecule has 4 heteroatoms. The maximum absolute atomic E-state index is 5.88. The van der Waals surface area contributed by atoms with E-state index in [0.717, 1.165) is 29.2 Å². The maximum Gasteiger partial charge on any atom is 0.0485 e. The van der Waals surface area contributed by atoms with Crippen molar-refractivity contribution in [1.29, 1.82) is 0 Å². The Morgan fingerprint density at radius 3 is 2.50 bits per heavy atom. The monoisotopic (exact) mass is 330 g/mol. The molecule has 0 unspecified atom stereocenters. The van der Waals surface area contributed by atoms with E-state index in [2.05, 4.69) is 58.0 Å². The first-order valence-electron chi connectivity index (χ1n) is 6.37. The van der Waals surface area contributed by atoms with Crippen molar-refractivity contribution in [2.45, 2.75) is 24.8 Å².